The molecule has 0 aromatic heterocycles. The van der Waals surface area contributed by atoms with Crippen LogP contribution in [-0.2, 0) is 14.4 Å². The van der Waals surface area contributed by atoms with Gasteiger partial charge in [-0.15, -0.1) is 0 Å². The highest BCUT2D eigenvalue weighted by atomic mass is 32.2. The molecule has 1 aliphatic rings. The van der Waals surface area contributed by atoms with Gasteiger partial charge in [0, 0.05) is 38.7 Å². The Hall–Kier alpha value is -1.08. The van der Waals surface area contributed by atoms with Crippen LogP contribution in [0.2, 0.25) is 0 Å². The van der Waals surface area contributed by atoms with Gasteiger partial charge in [0.1, 0.15) is 6.04 Å². The number of carbonyl (C=O) groups excluding carboxylic acids is 2. The molecular weight excluding hydrogens is 256 g/mol. The zero-order chi connectivity index (χ0) is 13.7. The second-order valence-corrected chi connectivity index (χ2v) is 5.57. The Labute approximate surface area is 110 Å². The number of piperazine rings is 1. The van der Waals surface area contributed by atoms with Crippen LogP contribution >= 0.6 is 11.8 Å². The summed E-state index contributed by atoms with van der Waals surface area (Å²) in [6.07, 6.45) is 0.206. The van der Waals surface area contributed by atoms with E-state index in [-0.39, 0.29) is 17.4 Å². The van der Waals surface area contributed by atoms with Crippen molar-refractivity contribution in [1.82, 2.24) is 9.80 Å². The molecule has 1 heterocycles. The SMILES string of the molecule is CC(=O)SCCC(=O)N1CCN(C)CC1C(=O)O. The van der Waals surface area contributed by atoms with Crippen molar-refractivity contribution in [2.75, 3.05) is 32.4 Å². The van der Waals surface area contributed by atoms with Crippen molar-refractivity contribution in [2.24, 2.45) is 0 Å². The first kappa shape index (κ1) is 15.0. The molecule has 0 aromatic rings. The lowest BCUT2D eigenvalue weighted by Gasteiger charge is -2.37. The summed E-state index contributed by atoms with van der Waals surface area (Å²) in [5, 5.41) is 9.08. The number of hydrogen-bond acceptors (Lipinski definition) is 5. The Bertz CT molecular complexity index is 348. The van der Waals surface area contributed by atoms with Crippen LogP contribution in [0.15, 0.2) is 0 Å². The molecule has 1 unspecified atom stereocenters. The minimum Gasteiger partial charge on any atom is -0.480 e. The van der Waals surface area contributed by atoms with Gasteiger partial charge >= 0.3 is 5.97 Å². The predicted octanol–water partition coefficient (Wildman–Crippen LogP) is -0.117. The molecule has 1 saturated heterocycles. The van der Waals surface area contributed by atoms with E-state index < -0.39 is 12.0 Å². The summed E-state index contributed by atoms with van der Waals surface area (Å²) in [4.78, 5) is 37.1. The van der Waals surface area contributed by atoms with Crippen LogP contribution < -0.4 is 0 Å². The van der Waals surface area contributed by atoms with Gasteiger partial charge < -0.3 is 14.9 Å². The summed E-state index contributed by atoms with van der Waals surface area (Å²) in [6.45, 7) is 2.90. The molecule has 1 aliphatic heterocycles. The monoisotopic (exact) mass is 274 g/mol. The molecule has 1 amide bonds. The zero-order valence-electron chi connectivity index (χ0n) is 10.6. The molecular formula is C11H18N2O4S. The zero-order valence-corrected chi connectivity index (χ0v) is 11.4. The molecule has 0 aliphatic carbocycles. The topological polar surface area (TPSA) is 77.9 Å². The Morgan fingerprint density at radius 1 is 1.33 bits per heavy atom. The van der Waals surface area contributed by atoms with E-state index >= 15 is 0 Å². The number of likely N-dealkylation sites (N-methyl/N-ethyl adjacent to an activating group) is 1. The molecule has 1 N–H and O–H groups in total. The van der Waals surface area contributed by atoms with Crippen LogP contribution in [0, 0.1) is 0 Å². The number of carboxylic acid groups (broad SMARTS) is 1. The largest absolute Gasteiger partial charge is 0.480 e. The summed E-state index contributed by atoms with van der Waals surface area (Å²) in [5.74, 6) is -0.759. The molecule has 6 nitrogen and oxygen atoms in total. The molecule has 0 saturated carbocycles. The third kappa shape index (κ3) is 4.30. The fraction of sp³-hybridized carbons (Fsp3) is 0.727. The van der Waals surface area contributed by atoms with Gasteiger partial charge in [0.25, 0.3) is 0 Å². The molecule has 1 fully saturated rings. The maximum Gasteiger partial charge on any atom is 0.327 e. The minimum atomic E-state index is -0.978. The smallest absolute Gasteiger partial charge is 0.327 e. The average Bonchev–Trinajstić information content (AvgIpc) is 2.28. The number of aliphatic carboxylic acids is 1. The molecule has 1 rings (SSSR count). The number of thioether (sulfide) groups is 1. The summed E-state index contributed by atoms with van der Waals surface area (Å²) < 4.78 is 0. The predicted molar refractivity (Wildman–Crippen MR) is 68.4 cm³/mol. The van der Waals surface area contributed by atoms with Crippen molar-refractivity contribution in [2.45, 2.75) is 19.4 Å². The van der Waals surface area contributed by atoms with Crippen molar-refractivity contribution in [3.8, 4) is 0 Å². The normalized spacial score (nSPS) is 20.8. The van der Waals surface area contributed by atoms with E-state index in [0.29, 0.717) is 25.4 Å². The van der Waals surface area contributed by atoms with Gasteiger partial charge in [0.05, 0.1) is 0 Å². The molecule has 0 spiro atoms. The lowest BCUT2D eigenvalue weighted by molar-refractivity contribution is -0.153. The second kappa shape index (κ2) is 6.75. The number of rotatable bonds is 4. The van der Waals surface area contributed by atoms with Crippen molar-refractivity contribution in [1.29, 1.82) is 0 Å². The van der Waals surface area contributed by atoms with Gasteiger partial charge in [-0.05, 0) is 7.05 Å². The average molecular weight is 274 g/mol. The van der Waals surface area contributed by atoms with Gasteiger partial charge in [-0.3, -0.25) is 9.59 Å². The maximum absolute atomic E-state index is 11.9. The van der Waals surface area contributed by atoms with Crippen molar-refractivity contribution < 1.29 is 19.5 Å². The lowest BCUT2D eigenvalue weighted by atomic mass is 10.1. The molecule has 0 bridgehead atoms. The van der Waals surface area contributed by atoms with Crippen LogP contribution in [0.5, 0.6) is 0 Å². The summed E-state index contributed by atoms with van der Waals surface area (Å²) >= 11 is 1.09. The third-order valence-corrected chi connectivity index (χ3v) is 3.62. The molecule has 102 valence electrons. The van der Waals surface area contributed by atoms with Crippen molar-refractivity contribution in [3.63, 3.8) is 0 Å². The van der Waals surface area contributed by atoms with E-state index in [4.69, 9.17) is 5.11 Å². The van der Waals surface area contributed by atoms with E-state index in [0.717, 1.165) is 11.8 Å². The lowest BCUT2D eigenvalue weighted by Crippen LogP contribution is -2.57. The van der Waals surface area contributed by atoms with Crippen LogP contribution in [0.25, 0.3) is 0 Å². The molecule has 0 aromatic carbocycles. The second-order valence-electron chi connectivity index (χ2n) is 4.29. The number of nitrogens with zero attached hydrogens (tertiary/aromatic N) is 2. The van der Waals surface area contributed by atoms with Gasteiger partial charge in [-0.1, -0.05) is 11.8 Å². The summed E-state index contributed by atoms with van der Waals surface area (Å²) in [6, 6.07) is -0.779. The fourth-order valence-corrected chi connectivity index (χ4v) is 2.42. The van der Waals surface area contributed by atoms with Gasteiger partial charge in [0.15, 0.2) is 5.12 Å². The fourth-order valence-electron chi connectivity index (χ4n) is 1.85. The quantitative estimate of drug-likeness (QED) is 0.770. The van der Waals surface area contributed by atoms with E-state index in [1.54, 1.807) is 0 Å². The first-order valence-corrected chi connectivity index (χ1v) is 6.74. The number of hydrogen-bond donors (Lipinski definition) is 1. The minimum absolute atomic E-state index is 0.0315. The summed E-state index contributed by atoms with van der Waals surface area (Å²) in [7, 11) is 1.84. The van der Waals surface area contributed by atoms with Crippen LogP contribution in [0.4, 0.5) is 0 Å². The highest BCUT2D eigenvalue weighted by Gasteiger charge is 2.33. The van der Waals surface area contributed by atoms with Crippen LogP contribution in [-0.4, -0.2) is 70.4 Å². The van der Waals surface area contributed by atoms with Gasteiger partial charge in [-0.25, -0.2) is 4.79 Å². The molecule has 1 atom stereocenters. The Morgan fingerprint density at radius 2 is 2.00 bits per heavy atom. The maximum atomic E-state index is 11.9. The van der Waals surface area contributed by atoms with E-state index in [9.17, 15) is 14.4 Å². The highest BCUT2D eigenvalue weighted by Crippen LogP contribution is 2.12. The third-order valence-electron chi connectivity index (χ3n) is 2.81. The highest BCUT2D eigenvalue weighted by molar-refractivity contribution is 8.13. The Balaban J connectivity index is 2.53. The van der Waals surface area contributed by atoms with E-state index in [1.165, 1.54) is 11.8 Å². The molecule has 0 radical (unpaired) electrons. The molecule has 18 heavy (non-hydrogen) atoms. The first-order chi connectivity index (χ1) is 8.41. The van der Waals surface area contributed by atoms with Gasteiger partial charge in [0.2, 0.25) is 5.91 Å². The Morgan fingerprint density at radius 3 is 2.56 bits per heavy atom. The van der Waals surface area contributed by atoms with E-state index in [1.807, 2.05) is 11.9 Å². The standard InChI is InChI=1S/C11H18N2O4S/c1-8(14)18-6-3-10(15)13-5-4-12(2)7-9(13)11(16)17/h9H,3-7H2,1-2H3,(H,16,17). The van der Waals surface area contributed by atoms with Crippen LogP contribution in [0.1, 0.15) is 13.3 Å². The van der Waals surface area contributed by atoms with E-state index in [2.05, 4.69) is 0 Å². The van der Waals surface area contributed by atoms with Gasteiger partial charge in [-0.2, -0.15) is 0 Å². The Kier molecular flexibility index (Phi) is 5.61. The summed E-state index contributed by atoms with van der Waals surface area (Å²) in [5.41, 5.74) is 0. The number of amides is 1. The number of carboxylic acids is 1. The molecule has 7 heteroatoms. The first-order valence-electron chi connectivity index (χ1n) is 5.76. The van der Waals surface area contributed by atoms with Crippen LogP contribution in [0.3, 0.4) is 0 Å². The van der Waals surface area contributed by atoms with Crippen molar-refractivity contribution >= 4 is 28.8 Å². The number of carbonyl (C=O) groups is 3. The van der Waals surface area contributed by atoms with Crippen molar-refractivity contribution in [3.05, 3.63) is 0 Å².